The predicted molar refractivity (Wildman–Crippen MR) is 79.2 cm³/mol. The van der Waals surface area contributed by atoms with Gasteiger partial charge in [-0.3, -0.25) is 14.3 Å². The molecule has 0 aromatic carbocycles. The third kappa shape index (κ3) is 5.51. The highest BCUT2D eigenvalue weighted by Crippen LogP contribution is 1.98. The minimum atomic E-state index is -0.578. The van der Waals surface area contributed by atoms with Gasteiger partial charge in [0, 0.05) is 19.4 Å². The summed E-state index contributed by atoms with van der Waals surface area (Å²) < 4.78 is 12.0. The number of nitrogens with zero attached hydrogens (tertiary/aromatic N) is 3. The molecule has 0 saturated heterocycles. The van der Waals surface area contributed by atoms with E-state index in [2.05, 4.69) is 27.2 Å². The van der Waals surface area contributed by atoms with E-state index in [0.717, 1.165) is 0 Å². The smallest absolute Gasteiger partial charge is 0.328 e. The van der Waals surface area contributed by atoms with Crippen LogP contribution in [0.25, 0.3) is 0 Å². The van der Waals surface area contributed by atoms with Crippen molar-refractivity contribution in [1.29, 1.82) is 0 Å². The van der Waals surface area contributed by atoms with E-state index >= 15 is 0 Å². The summed E-state index contributed by atoms with van der Waals surface area (Å²) in [4.78, 5) is 25.7. The molecule has 1 aromatic heterocycles. The Hall–Kier alpha value is -2.44. The third-order valence-electron chi connectivity index (χ3n) is 2.52. The maximum Gasteiger partial charge on any atom is 0.328 e. The molecule has 1 heterocycles. The molecule has 9 nitrogen and oxygen atoms in total. The van der Waals surface area contributed by atoms with E-state index in [4.69, 9.17) is 15.3 Å². The quantitative estimate of drug-likeness (QED) is 0.233. The summed E-state index contributed by atoms with van der Waals surface area (Å²) in [5.41, 5.74) is -0.983. The van der Waals surface area contributed by atoms with Gasteiger partial charge in [0.25, 0.3) is 5.56 Å². The highest BCUT2D eigenvalue weighted by molar-refractivity contribution is 5.29. The van der Waals surface area contributed by atoms with Crippen LogP contribution >= 0.6 is 0 Å². The molecule has 0 aliphatic carbocycles. The van der Waals surface area contributed by atoms with Crippen LogP contribution in [-0.2, 0) is 16.0 Å². The maximum atomic E-state index is 11.8. The van der Waals surface area contributed by atoms with Crippen LogP contribution in [0, 0.1) is 11.8 Å². The van der Waals surface area contributed by atoms with E-state index in [1.807, 2.05) is 13.8 Å². The number of aromatic amines is 1. The fraction of sp³-hybridized carbons (Fsp3) is 0.538. The van der Waals surface area contributed by atoms with Crippen LogP contribution in [0.2, 0.25) is 0 Å². The molecule has 0 spiro atoms. The van der Waals surface area contributed by atoms with Crippen molar-refractivity contribution in [2.24, 2.45) is 16.2 Å². The van der Waals surface area contributed by atoms with Gasteiger partial charge in [0.15, 0.2) is 6.29 Å². The Morgan fingerprint density at radius 2 is 2.05 bits per heavy atom. The van der Waals surface area contributed by atoms with Crippen molar-refractivity contribution in [1.82, 2.24) is 9.55 Å². The summed E-state index contributed by atoms with van der Waals surface area (Å²) in [6.45, 7) is 4.75. The van der Waals surface area contributed by atoms with E-state index in [9.17, 15) is 9.59 Å². The summed E-state index contributed by atoms with van der Waals surface area (Å²) in [5.74, 6) is 10.1. The van der Waals surface area contributed by atoms with Crippen molar-refractivity contribution < 1.29 is 9.47 Å². The van der Waals surface area contributed by atoms with Gasteiger partial charge in [-0.25, -0.2) is 4.79 Å². The Kier molecular flexibility index (Phi) is 7.60. The first kappa shape index (κ1) is 17.6. The summed E-state index contributed by atoms with van der Waals surface area (Å²) in [6, 6.07) is 0. The van der Waals surface area contributed by atoms with Crippen LogP contribution in [0.4, 0.5) is 0 Å². The molecule has 1 rings (SSSR count). The molecule has 0 aliphatic heterocycles. The van der Waals surface area contributed by atoms with Gasteiger partial charge in [0.05, 0.1) is 6.54 Å². The van der Waals surface area contributed by atoms with Crippen molar-refractivity contribution in [2.75, 3.05) is 19.8 Å². The van der Waals surface area contributed by atoms with Gasteiger partial charge in [0.2, 0.25) is 0 Å². The topological polar surface area (TPSA) is 124 Å². The van der Waals surface area contributed by atoms with Gasteiger partial charge in [-0.05, 0) is 13.8 Å². The minimum absolute atomic E-state index is 0.0651. The second kappa shape index (κ2) is 9.49. The summed E-state index contributed by atoms with van der Waals surface area (Å²) in [6.07, 6.45) is 0.782. The standard InChI is InChI=1S/C13H19N5O4/c1-3-21-11(22-4-2)9-18-8-10(6-5-7-15-17-14)12(19)16-13(18)20/h8,11H,3-4,7,9H2,1-2H3,(H2,14,15)(H,16,19,20). The van der Waals surface area contributed by atoms with Crippen LogP contribution in [-0.4, -0.2) is 35.6 Å². The van der Waals surface area contributed by atoms with E-state index in [0.29, 0.717) is 13.2 Å². The number of hydrogen-bond donors (Lipinski definition) is 2. The van der Waals surface area contributed by atoms with E-state index in [1.165, 1.54) is 10.8 Å². The Labute approximate surface area is 127 Å². The van der Waals surface area contributed by atoms with Gasteiger partial charge in [-0.2, -0.15) is 5.11 Å². The van der Waals surface area contributed by atoms with Crippen molar-refractivity contribution in [2.45, 2.75) is 26.7 Å². The van der Waals surface area contributed by atoms with Crippen LogP contribution in [0.3, 0.4) is 0 Å². The molecule has 3 N–H and O–H groups in total. The van der Waals surface area contributed by atoms with Crippen LogP contribution in [0.15, 0.2) is 26.1 Å². The fourth-order valence-corrected chi connectivity index (χ4v) is 1.63. The first-order valence-electron chi connectivity index (χ1n) is 6.74. The number of H-pyrrole nitrogens is 1. The zero-order valence-corrected chi connectivity index (χ0v) is 12.5. The zero-order valence-electron chi connectivity index (χ0n) is 12.5. The molecule has 0 saturated carbocycles. The molecule has 1 aromatic rings. The second-order valence-corrected chi connectivity index (χ2v) is 4.01. The lowest BCUT2D eigenvalue weighted by Crippen LogP contribution is -2.35. The average molecular weight is 309 g/mol. The van der Waals surface area contributed by atoms with Crippen LogP contribution in [0.1, 0.15) is 19.4 Å². The number of hydrogen-bond acceptors (Lipinski definition) is 6. The molecule has 0 radical (unpaired) electrons. The summed E-state index contributed by atoms with van der Waals surface area (Å²) in [7, 11) is 0. The number of nitrogens with two attached hydrogens (primary N) is 1. The maximum absolute atomic E-state index is 11.8. The highest BCUT2D eigenvalue weighted by atomic mass is 16.7. The molecule has 0 atom stereocenters. The average Bonchev–Trinajstić information content (AvgIpc) is 2.48. The van der Waals surface area contributed by atoms with Crippen molar-refractivity contribution in [3.63, 3.8) is 0 Å². The van der Waals surface area contributed by atoms with E-state index in [1.54, 1.807) is 0 Å². The number of ether oxygens (including phenoxy) is 2. The van der Waals surface area contributed by atoms with E-state index in [-0.39, 0.29) is 18.7 Å². The molecule has 120 valence electrons. The number of nitrogens with one attached hydrogen (secondary N) is 1. The molecule has 0 amide bonds. The molecule has 0 fully saturated rings. The monoisotopic (exact) mass is 309 g/mol. The van der Waals surface area contributed by atoms with Crippen molar-refractivity contribution in [3.05, 3.63) is 32.6 Å². The van der Waals surface area contributed by atoms with E-state index < -0.39 is 17.5 Å². The number of rotatable bonds is 7. The number of aromatic nitrogens is 2. The Balaban J connectivity index is 3.01. The molecule has 0 bridgehead atoms. The molecule has 0 unspecified atom stereocenters. The van der Waals surface area contributed by atoms with Crippen molar-refractivity contribution >= 4 is 0 Å². The fourth-order valence-electron chi connectivity index (χ4n) is 1.63. The molecule has 22 heavy (non-hydrogen) atoms. The normalized spacial score (nSPS) is 10.9. The minimum Gasteiger partial charge on any atom is -0.351 e. The first-order valence-corrected chi connectivity index (χ1v) is 6.74. The van der Waals surface area contributed by atoms with Gasteiger partial charge in [-0.1, -0.05) is 17.1 Å². The SMILES string of the molecule is CCOC(Cn1cc(C#CCN=NN)c(=O)[nH]c1=O)OCC. The first-order chi connectivity index (χ1) is 10.6. The van der Waals surface area contributed by atoms with Crippen molar-refractivity contribution in [3.8, 4) is 11.8 Å². The van der Waals surface area contributed by atoms with Gasteiger partial charge >= 0.3 is 5.69 Å². The lowest BCUT2D eigenvalue weighted by Gasteiger charge is -2.17. The van der Waals surface area contributed by atoms with Crippen LogP contribution in [0.5, 0.6) is 0 Å². The summed E-state index contributed by atoms with van der Waals surface area (Å²) >= 11 is 0. The second-order valence-electron chi connectivity index (χ2n) is 4.01. The molecule has 0 aliphatic rings. The zero-order chi connectivity index (χ0) is 16.4. The largest absolute Gasteiger partial charge is 0.351 e. The third-order valence-corrected chi connectivity index (χ3v) is 2.52. The van der Waals surface area contributed by atoms with Gasteiger partial charge < -0.3 is 15.3 Å². The Bertz CT molecular complexity index is 661. The Morgan fingerprint density at radius 1 is 1.36 bits per heavy atom. The molecular formula is C13H19N5O4. The highest BCUT2D eigenvalue weighted by Gasteiger charge is 2.11. The molecular weight excluding hydrogens is 290 g/mol. The Morgan fingerprint density at radius 3 is 2.64 bits per heavy atom. The van der Waals surface area contributed by atoms with Gasteiger partial charge in [0.1, 0.15) is 12.1 Å². The van der Waals surface area contributed by atoms with Gasteiger partial charge in [-0.15, -0.1) is 0 Å². The predicted octanol–water partition coefficient (Wildman–Crippen LogP) is -0.387. The summed E-state index contributed by atoms with van der Waals surface area (Å²) in [5, 5.41) is 6.51. The molecule has 9 heteroatoms. The lowest BCUT2D eigenvalue weighted by atomic mass is 10.3. The lowest BCUT2D eigenvalue weighted by molar-refractivity contribution is -0.144. The van der Waals surface area contributed by atoms with Crippen LogP contribution < -0.4 is 17.1 Å².